The quantitative estimate of drug-likeness (QED) is 0.762. The summed E-state index contributed by atoms with van der Waals surface area (Å²) in [7, 11) is 0. The summed E-state index contributed by atoms with van der Waals surface area (Å²) in [4.78, 5) is 3.94. The highest BCUT2D eigenvalue weighted by Gasteiger charge is 2.21. The zero-order chi connectivity index (χ0) is 12.8. The number of benzene rings is 1. The Hall–Kier alpha value is -0.510. The molecule has 100 valence electrons. The fourth-order valence-electron chi connectivity index (χ4n) is 2.45. The van der Waals surface area contributed by atoms with Gasteiger partial charge in [-0.25, -0.2) is 0 Å². The maximum absolute atomic E-state index is 3.61. The first-order valence-corrected chi connectivity index (χ1v) is 7.98. The normalized spacial score (nSPS) is 18.3. The van der Waals surface area contributed by atoms with Crippen LogP contribution in [-0.4, -0.2) is 43.4 Å². The molecule has 2 nitrogen and oxygen atoms in total. The molecule has 0 radical (unpaired) electrons. The number of hydrogen-bond donors (Lipinski definition) is 1. The summed E-state index contributed by atoms with van der Waals surface area (Å²) in [6, 6.07) is 8.83. The van der Waals surface area contributed by atoms with Crippen molar-refractivity contribution in [1.82, 2.24) is 10.2 Å². The van der Waals surface area contributed by atoms with E-state index in [1.54, 1.807) is 0 Å². The van der Waals surface area contributed by atoms with Crippen molar-refractivity contribution in [2.45, 2.75) is 24.7 Å². The summed E-state index contributed by atoms with van der Waals surface area (Å²) < 4.78 is 0. The lowest BCUT2D eigenvalue weighted by molar-refractivity contribution is 0.302. The van der Waals surface area contributed by atoms with Gasteiger partial charge in [-0.1, -0.05) is 32.0 Å². The largest absolute Gasteiger partial charge is 0.315 e. The minimum absolute atomic E-state index is 0.697. The number of fused-ring (bicyclic) bond motifs is 1. The molecule has 1 unspecified atom stereocenters. The van der Waals surface area contributed by atoms with Crippen molar-refractivity contribution in [3.8, 4) is 0 Å². The lowest BCUT2D eigenvalue weighted by Gasteiger charge is -2.19. The van der Waals surface area contributed by atoms with E-state index in [1.165, 1.54) is 16.2 Å². The average Bonchev–Trinajstić information content (AvgIpc) is 2.82. The highest BCUT2D eigenvalue weighted by atomic mass is 32.2. The molecule has 0 saturated heterocycles. The van der Waals surface area contributed by atoms with E-state index in [0.717, 1.165) is 32.7 Å². The van der Waals surface area contributed by atoms with Gasteiger partial charge >= 0.3 is 0 Å². The molecular weight excluding hydrogens is 240 g/mol. The minimum Gasteiger partial charge on any atom is -0.315 e. The summed E-state index contributed by atoms with van der Waals surface area (Å²) in [5, 5.41) is 3.61. The van der Waals surface area contributed by atoms with Crippen LogP contribution in [0.3, 0.4) is 0 Å². The first kappa shape index (κ1) is 13.9. The van der Waals surface area contributed by atoms with Crippen LogP contribution in [0.4, 0.5) is 0 Å². The second kappa shape index (κ2) is 7.17. The topological polar surface area (TPSA) is 15.3 Å². The third-order valence-electron chi connectivity index (χ3n) is 3.69. The Morgan fingerprint density at radius 1 is 1.28 bits per heavy atom. The van der Waals surface area contributed by atoms with Crippen molar-refractivity contribution in [2.75, 3.05) is 38.5 Å². The van der Waals surface area contributed by atoms with Crippen LogP contribution in [0.1, 0.15) is 25.3 Å². The van der Waals surface area contributed by atoms with E-state index < -0.39 is 0 Å². The van der Waals surface area contributed by atoms with Crippen LogP contribution in [0, 0.1) is 0 Å². The first-order chi connectivity index (χ1) is 8.85. The monoisotopic (exact) mass is 264 g/mol. The Morgan fingerprint density at radius 2 is 2.06 bits per heavy atom. The van der Waals surface area contributed by atoms with E-state index >= 15 is 0 Å². The molecule has 1 atom stereocenters. The van der Waals surface area contributed by atoms with Gasteiger partial charge < -0.3 is 10.2 Å². The Kier molecular flexibility index (Phi) is 5.54. The maximum atomic E-state index is 3.61. The predicted octanol–water partition coefficient (Wildman–Crippen LogP) is 2.81. The summed E-state index contributed by atoms with van der Waals surface area (Å²) in [5.74, 6) is 1.93. The summed E-state index contributed by atoms with van der Waals surface area (Å²) >= 11 is 2.00. The molecule has 1 N–H and O–H groups in total. The fraction of sp³-hybridized carbons (Fsp3) is 0.600. The van der Waals surface area contributed by atoms with Crippen LogP contribution in [0.2, 0.25) is 0 Å². The molecule has 1 aliphatic rings. The van der Waals surface area contributed by atoms with Gasteiger partial charge in [0.1, 0.15) is 0 Å². The molecule has 0 bridgehead atoms. The molecule has 3 heteroatoms. The van der Waals surface area contributed by atoms with E-state index in [4.69, 9.17) is 0 Å². The highest BCUT2D eigenvalue weighted by molar-refractivity contribution is 7.99. The van der Waals surface area contributed by atoms with Crippen LogP contribution in [-0.2, 0) is 0 Å². The molecule has 2 rings (SSSR count). The number of thioether (sulfide) groups is 1. The zero-order valence-corrected chi connectivity index (χ0v) is 12.3. The van der Waals surface area contributed by atoms with Crippen LogP contribution >= 0.6 is 11.8 Å². The van der Waals surface area contributed by atoms with E-state index in [9.17, 15) is 0 Å². The summed E-state index contributed by atoms with van der Waals surface area (Å²) in [5.41, 5.74) is 1.54. The Balaban J connectivity index is 1.72. The standard InChI is InChI=1S/C15H24N2S/c1-3-17(4-2)10-9-16-11-13-12-18-15-8-6-5-7-14(13)15/h5-8,13,16H,3-4,9-12H2,1-2H3. The maximum Gasteiger partial charge on any atom is 0.0108 e. The van der Waals surface area contributed by atoms with Gasteiger partial charge in [-0.05, 0) is 24.7 Å². The smallest absolute Gasteiger partial charge is 0.0108 e. The molecule has 0 aromatic heterocycles. The third kappa shape index (κ3) is 3.50. The van der Waals surface area contributed by atoms with Crippen LogP contribution in [0.5, 0.6) is 0 Å². The van der Waals surface area contributed by atoms with E-state index in [0.29, 0.717) is 5.92 Å². The number of likely N-dealkylation sites (N-methyl/N-ethyl adjacent to an activating group) is 1. The molecule has 1 aliphatic heterocycles. The van der Waals surface area contributed by atoms with Gasteiger partial charge in [-0.2, -0.15) is 0 Å². The van der Waals surface area contributed by atoms with Gasteiger partial charge in [0.2, 0.25) is 0 Å². The van der Waals surface area contributed by atoms with Gasteiger partial charge in [0.25, 0.3) is 0 Å². The van der Waals surface area contributed by atoms with Crippen molar-refractivity contribution in [2.24, 2.45) is 0 Å². The second-order valence-corrected chi connectivity index (χ2v) is 5.84. The molecule has 0 spiro atoms. The first-order valence-electron chi connectivity index (χ1n) is 7.00. The number of nitrogens with zero attached hydrogens (tertiary/aromatic N) is 1. The van der Waals surface area contributed by atoms with Crippen LogP contribution < -0.4 is 5.32 Å². The molecule has 0 saturated carbocycles. The Labute approximate surface area is 115 Å². The van der Waals surface area contributed by atoms with Gasteiger partial charge in [-0.3, -0.25) is 0 Å². The van der Waals surface area contributed by atoms with Gasteiger partial charge in [0.15, 0.2) is 0 Å². The Morgan fingerprint density at radius 3 is 2.83 bits per heavy atom. The van der Waals surface area contributed by atoms with E-state index in [1.807, 2.05) is 11.8 Å². The summed E-state index contributed by atoms with van der Waals surface area (Å²) in [6.45, 7) is 10.1. The Bertz CT molecular complexity index is 363. The van der Waals surface area contributed by atoms with E-state index in [-0.39, 0.29) is 0 Å². The van der Waals surface area contributed by atoms with Crippen molar-refractivity contribution in [1.29, 1.82) is 0 Å². The molecule has 1 heterocycles. The summed E-state index contributed by atoms with van der Waals surface area (Å²) in [6.07, 6.45) is 0. The lowest BCUT2D eigenvalue weighted by Crippen LogP contribution is -2.33. The fourth-order valence-corrected chi connectivity index (χ4v) is 3.71. The molecule has 0 aliphatic carbocycles. The van der Waals surface area contributed by atoms with Crippen LogP contribution in [0.25, 0.3) is 0 Å². The molecule has 18 heavy (non-hydrogen) atoms. The zero-order valence-electron chi connectivity index (χ0n) is 11.5. The molecule has 0 fully saturated rings. The number of hydrogen-bond acceptors (Lipinski definition) is 3. The predicted molar refractivity (Wildman–Crippen MR) is 80.6 cm³/mol. The molecular formula is C15H24N2S. The molecule has 1 aromatic rings. The second-order valence-electron chi connectivity index (χ2n) is 4.78. The van der Waals surface area contributed by atoms with E-state index in [2.05, 4.69) is 48.3 Å². The number of nitrogens with one attached hydrogen (secondary N) is 1. The molecule has 1 aromatic carbocycles. The van der Waals surface area contributed by atoms with Crippen molar-refractivity contribution in [3.05, 3.63) is 29.8 Å². The van der Waals surface area contributed by atoms with Crippen molar-refractivity contribution in [3.63, 3.8) is 0 Å². The van der Waals surface area contributed by atoms with Crippen molar-refractivity contribution < 1.29 is 0 Å². The minimum atomic E-state index is 0.697. The van der Waals surface area contributed by atoms with Crippen molar-refractivity contribution >= 4 is 11.8 Å². The third-order valence-corrected chi connectivity index (χ3v) is 4.94. The van der Waals surface area contributed by atoms with Gasteiger partial charge in [0.05, 0.1) is 0 Å². The van der Waals surface area contributed by atoms with Crippen LogP contribution in [0.15, 0.2) is 29.2 Å². The van der Waals surface area contributed by atoms with Gasteiger partial charge in [0, 0.05) is 36.2 Å². The molecule has 0 amide bonds. The SMILES string of the molecule is CCN(CC)CCNCC1CSc2ccccc21. The lowest BCUT2D eigenvalue weighted by atomic mass is 10.0. The highest BCUT2D eigenvalue weighted by Crippen LogP contribution is 2.38. The average molecular weight is 264 g/mol. The number of rotatable bonds is 7. The van der Waals surface area contributed by atoms with Gasteiger partial charge in [-0.15, -0.1) is 11.8 Å².